The SMILES string of the molecule is CNCc1cc(OC)ccc1-c1cncc(C#N)c1. The lowest BCUT2D eigenvalue weighted by atomic mass is 9.99. The molecule has 0 amide bonds. The Morgan fingerprint density at radius 1 is 1.32 bits per heavy atom. The lowest BCUT2D eigenvalue weighted by Gasteiger charge is -2.11. The number of ether oxygens (including phenoxy) is 1. The van der Waals surface area contributed by atoms with Crippen LogP contribution < -0.4 is 10.1 Å². The Kier molecular flexibility index (Phi) is 4.11. The Hall–Kier alpha value is -2.38. The molecule has 1 aromatic heterocycles. The zero-order valence-corrected chi connectivity index (χ0v) is 11.0. The van der Waals surface area contributed by atoms with E-state index < -0.39 is 0 Å². The first kappa shape index (κ1) is 13.1. The molecule has 96 valence electrons. The zero-order valence-electron chi connectivity index (χ0n) is 11.0. The standard InChI is InChI=1S/C15H15N3O/c1-17-9-13-6-14(19-2)3-4-15(13)12-5-11(7-16)8-18-10-12/h3-6,8,10,17H,9H2,1-2H3. The molecule has 0 unspecified atom stereocenters. The van der Waals surface area contributed by atoms with Gasteiger partial charge in [0.25, 0.3) is 0 Å². The normalized spacial score (nSPS) is 9.95. The number of hydrogen-bond donors (Lipinski definition) is 1. The molecule has 0 saturated carbocycles. The summed E-state index contributed by atoms with van der Waals surface area (Å²) in [5.41, 5.74) is 3.66. The summed E-state index contributed by atoms with van der Waals surface area (Å²) in [4.78, 5) is 4.10. The fraction of sp³-hybridized carbons (Fsp3) is 0.200. The number of nitriles is 1. The van der Waals surface area contributed by atoms with Crippen molar-refractivity contribution >= 4 is 0 Å². The Labute approximate surface area is 112 Å². The maximum atomic E-state index is 8.94. The number of pyridine rings is 1. The summed E-state index contributed by atoms with van der Waals surface area (Å²) in [6, 6.07) is 9.84. The molecule has 4 nitrogen and oxygen atoms in total. The highest BCUT2D eigenvalue weighted by Gasteiger charge is 2.07. The van der Waals surface area contributed by atoms with Crippen LogP contribution in [0.1, 0.15) is 11.1 Å². The summed E-state index contributed by atoms with van der Waals surface area (Å²) in [5.74, 6) is 0.818. The largest absolute Gasteiger partial charge is 0.497 e. The second-order valence-corrected chi connectivity index (χ2v) is 4.13. The number of hydrogen-bond acceptors (Lipinski definition) is 4. The van der Waals surface area contributed by atoms with Gasteiger partial charge in [0.05, 0.1) is 12.7 Å². The van der Waals surface area contributed by atoms with E-state index in [9.17, 15) is 0 Å². The van der Waals surface area contributed by atoms with Crippen LogP contribution in [0.15, 0.2) is 36.7 Å². The van der Waals surface area contributed by atoms with Crippen LogP contribution in [0, 0.1) is 11.3 Å². The first-order valence-electron chi connectivity index (χ1n) is 5.95. The smallest absolute Gasteiger partial charge is 0.119 e. The van der Waals surface area contributed by atoms with Gasteiger partial charge in [0.15, 0.2) is 0 Å². The lowest BCUT2D eigenvalue weighted by molar-refractivity contribution is 0.414. The van der Waals surface area contributed by atoms with Gasteiger partial charge in [0.1, 0.15) is 11.8 Å². The van der Waals surface area contributed by atoms with Gasteiger partial charge in [-0.1, -0.05) is 6.07 Å². The highest BCUT2D eigenvalue weighted by Crippen LogP contribution is 2.27. The molecular weight excluding hydrogens is 238 g/mol. The van der Waals surface area contributed by atoms with Gasteiger partial charge in [-0.25, -0.2) is 0 Å². The predicted molar refractivity (Wildman–Crippen MR) is 73.7 cm³/mol. The van der Waals surface area contributed by atoms with Crippen molar-refractivity contribution in [2.45, 2.75) is 6.54 Å². The molecule has 2 aromatic rings. The number of nitrogens with one attached hydrogen (secondary N) is 1. The molecule has 0 spiro atoms. The van der Waals surface area contributed by atoms with Crippen LogP contribution in [0.25, 0.3) is 11.1 Å². The fourth-order valence-electron chi connectivity index (χ4n) is 1.96. The average Bonchev–Trinajstić information content (AvgIpc) is 2.47. The second kappa shape index (κ2) is 5.98. The Bertz CT molecular complexity index is 617. The highest BCUT2D eigenvalue weighted by molar-refractivity contribution is 5.68. The van der Waals surface area contributed by atoms with Crippen molar-refractivity contribution in [2.75, 3.05) is 14.2 Å². The van der Waals surface area contributed by atoms with Crippen LogP contribution in [-0.4, -0.2) is 19.1 Å². The molecule has 0 aliphatic heterocycles. The van der Waals surface area contributed by atoms with Gasteiger partial charge >= 0.3 is 0 Å². The number of methoxy groups -OCH3 is 1. The van der Waals surface area contributed by atoms with E-state index in [1.807, 2.05) is 31.3 Å². The van der Waals surface area contributed by atoms with Crippen LogP contribution in [0.5, 0.6) is 5.75 Å². The molecule has 0 aliphatic rings. The first-order chi connectivity index (χ1) is 9.28. The molecule has 2 rings (SSSR count). The molecule has 4 heteroatoms. The molecule has 1 aromatic carbocycles. The van der Waals surface area contributed by atoms with E-state index in [4.69, 9.17) is 10.00 Å². The Balaban J connectivity index is 2.51. The minimum Gasteiger partial charge on any atom is -0.497 e. The minimum absolute atomic E-state index is 0.559. The summed E-state index contributed by atoms with van der Waals surface area (Å²) in [6.45, 7) is 0.726. The molecule has 1 N–H and O–H groups in total. The van der Waals surface area contributed by atoms with Crippen LogP contribution in [0.2, 0.25) is 0 Å². The Morgan fingerprint density at radius 3 is 2.84 bits per heavy atom. The summed E-state index contributed by atoms with van der Waals surface area (Å²) >= 11 is 0. The van der Waals surface area contributed by atoms with Gasteiger partial charge < -0.3 is 10.1 Å². The predicted octanol–water partition coefficient (Wildman–Crippen LogP) is 2.35. The molecule has 0 atom stereocenters. The summed E-state index contributed by atoms with van der Waals surface area (Å²) < 4.78 is 5.24. The Morgan fingerprint density at radius 2 is 2.16 bits per heavy atom. The van der Waals surface area contributed by atoms with Crippen LogP contribution in [-0.2, 0) is 6.54 Å². The van der Waals surface area contributed by atoms with Gasteiger partial charge in [0, 0.05) is 24.5 Å². The van der Waals surface area contributed by atoms with Gasteiger partial charge in [-0.15, -0.1) is 0 Å². The van der Waals surface area contributed by atoms with E-state index in [1.54, 1.807) is 19.5 Å². The zero-order chi connectivity index (χ0) is 13.7. The van der Waals surface area contributed by atoms with Crippen molar-refractivity contribution in [3.63, 3.8) is 0 Å². The van der Waals surface area contributed by atoms with E-state index >= 15 is 0 Å². The molecule has 0 bridgehead atoms. The molecule has 19 heavy (non-hydrogen) atoms. The summed E-state index contributed by atoms with van der Waals surface area (Å²) in [7, 11) is 3.54. The van der Waals surface area contributed by atoms with Crippen LogP contribution in [0.4, 0.5) is 0 Å². The van der Waals surface area contributed by atoms with Crippen molar-refractivity contribution in [3.05, 3.63) is 47.8 Å². The molecular formula is C15H15N3O. The average molecular weight is 253 g/mol. The minimum atomic E-state index is 0.559. The van der Waals surface area contributed by atoms with Gasteiger partial charge in [-0.2, -0.15) is 5.26 Å². The van der Waals surface area contributed by atoms with Crippen LogP contribution >= 0.6 is 0 Å². The van der Waals surface area contributed by atoms with Gasteiger partial charge in [-0.3, -0.25) is 4.98 Å². The lowest BCUT2D eigenvalue weighted by Crippen LogP contribution is -2.06. The maximum Gasteiger partial charge on any atom is 0.119 e. The van der Waals surface area contributed by atoms with Crippen molar-refractivity contribution < 1.29 is 4.74 Å². The van der Waals surface area contributed by atoms with Crippen molar-refractivity contribution in [2.24, 2.45) is 0 Å². The third-order valence-corrected chi connectivity index (χ3v) is 2.86. The summed E-state index contributed by atoms with van der Waals surface area (Å²) in [5, 5.41) is 12.1. The third-order valence-electron chi connectivity index (χ3n) is 2.86. The second-order valence-electron chi connectivity index (χ2n) is 4.13. The number of nitrogens with zero attached hydrogens (tertiary/aromatic N) is 2. The first-order valence-corrected chi connectivity index (χ1v) is 5.95. The van der Waals surface area contributed by atoms with E-state index in [0.29, 0.717) is 5.56 Å². The number of aromatic nitrogens is 1. The van der Waals surface area contributed by atoms with Crippen molar-refractivity contribution in [3.8, 4) is 22.9 Å². The van der Waals surface area contributed by atoms with E-state index in [0.717, 1.165) is 29.0 Å². The van der Waals surface area contributed by atoms with E-state index in [-0.39, 0.29) is 0 Å². The number of rotatable bonds is 4. The molecule has 0 saturated heterocycles. The molecule has 0 fully saturated rings. The van der Waals surface area contributed by atoms with Crippen LogP contribution in [0.3, 0.4) is 0 Å². The monoisotopic (exact) mass is 253 g/mol. The molecule has 0 aliphatic carbocycles. The van der Waals surface area contributed by atoms with Gasteiger partial charge in [-0.05, 0) is 36.4 Å². The quantitative estimate of drug-likeness (QED) is 0.908. The van der Waals surface area contributed by atoms with Crippen molar-refractivity contribution in [1.82, 2.24) is 10.3 Å². The third kappa shape index (κ3) is 2.90. The van der Waals surface area contributed by atoms with Gasteiger partial charge in [0.2, 0.25) is 0 Å². The topological polar surface area (TPSA) is 57.9 Å². The van der Waals surface area contributed by atoms with Crippen molar-refractivity contribution in [1.29, 1.82) is 5.26 Å². The van der Waals surface area contributed by atoms with E-state index in [1.165, 1.54) is 0 Å². The summed E-state index contributed by atoms with van der Waals surface area (Å²) in [6.07, 6.45) is 3.33. The molecule has 0 radical (unpaired) electrons. The highest BCUT2D eigenvalue weighted by atomic mass is 16.5. The van der Waals surface area contributed by atoms with E-state index in [2.05, 4.69) is 16.4 Å². The number of benzene rings is 1. The molecule has 1 heterocycles. The fourth-order valence-corrected chi connectivity index (χ4v) is 1.96. The maximum absolute atomic E-state index is 8.94.